The maximum absolute atomic E-state index is 11.8. The van der Waals surface area contributed by atoms with E-state index in [0.29, 0.717) is 25.4 Å². The van der Waals surface area contributed by atoms with Crippen LogP contribution in [0.5, 0.6) is 0 Å². The number of nitrogens with zero attached hydrogens (tertiary/aromatic N) is 4. The zero-order chi connectivity index (χ0) is 17.4. The van der Waals surface area contributed by atoms with E-state index in [1.54, 1.807) is 6.92 Å². The normalized spacial score (nSPS) is 10.4. The Morgan fingerprint density at radius 2 is 2.00 bits per heavy atom. The molecule has 0 aliphatic rings. The third-order valence-corrected chi connectivity index (χ3v) is 3.23. The van der Waals surface area contributed by atoms with Crippen molar-refractivity contribution < 1.29 is 14.3 Å². The average Bonchev–Trinajstić information content (AvgIpc) is 3.01. The van der Waals surface area contributed by atoms with Crippen molar-refractivity contribution in [2.24, 2.45) is 0 Å². The topological polar surface area (TPSA) is 99.0 Å². The van der Waals surface area contributed by atoms with Crippen molar-refractivity contribution >= 4 is 11.9 Å². The largest absolute Gasteiger partial charge is 0.466 e. The van der Waals surface area contributed by atoms with Gasteiger partial charge in [-0.3, -0.25) is 9.59 Å². The first-order chi connectivity index (χ1) is 11.6. The predicted molar refractivity (Wildman–Crippen MR) is 86.9 cm³/mol. The Hall–Kier alpha value is -2.77. The van der Waals surface area contributed by atoms with Gasteiger partial charge in [0.1, 0.15) is 6.54 Å². The fourth-order valence-electron chi connectivity index (χ4n) is 2.01. The number of nitrogens with one attached hydrogen (secondary N) is 1. The van der Waals surface area contributed by atoms with Crippen LogP contribution >= 0.6 is 0 Å². The Balaban J connectivity index is 1.76. The molecule has 2 aromatic rings. The summed E-state index contributed by atoms with van der Waals surface area (Å²) in [6.07, 6.45) is 0.817. The van der Waals surface area contributed by atoms with Gasteiger partial charge in [-0.25, -0.2) is 0 Å². The lowest BCUT2D eigenvalue weighted by Gasteiger charge is -2.04. The number of carbonyl (C=O) groups is 2. The van der Waals surface area contributed by atoms with Crippen LogP contribution in [-0.2, 0) is 20.9 Å². The van der Waals surface area contributed by atoms with E-state index in [1.165, 1.54) is 4.80 Å². The second-order valence-electron chi connectivity index (χ2n) is 5.27. The van der Waals surface area contributed by atoms with Crippen molar-refractivity contribution in [3.05, 3.63) is 29.8 Å². The highest BCUT2D eigenvalue weighted by molar-refractivity contribution is 5.75. The molecule has 0 unspecified atom stereocenters. The lowest BCUT2D eigenvalue weighted by molar-refractivity contribution is -0.143. The molecule has 0 aliphatic heterocycles. The summed E-state index contributed by atoms with van der Waals surface area (Å²) in [6, 6.07) is 7.75. The second kappa shape index (κ2) is 8.76. The van der Waals surface area contributed by atoms with Crippen molar-refractivity contribution in [3.63, 3.8) is 0 Å². The highest BCUT2D eigenvalue weighted by Gasteiger charge is 2.09. The molecule has 0 saturated carbocycles. The van der Waals surface area contributed by atoms with E-state index in [0.717, 1.165) is 11.1 Å². The van der Waals surface area contributed by atoms with Crippen LogP contribution in [-0.4, -0.2) is 45.2 Å². The zero-order valence-corrected chi connectivity index (χ0v) is 13.9. The van der Waals surface area contributed by atoms with Gasteiger partial charge in [-0.05, 0) is 25.5 Å². The third kappa shape index (κ3) is 5.45. The molecule has 2 rings (SSSR count). The van der Waals surface area contributed by atoms with E-state index in [1.807, 2.05) is 31.2 Å². The smallest absolute Gasteiger partial charge is 0.305 e. The van der Waals surface area contributed by atoms with E-state index in [-0.39, 0.29) is 24.8 Å². The first kappa shape index (κ1) is 17.6. The van der Waals surface area contributed by atoms with Crippen molar-refractivity contribution in [3.8, 4) is 11.4 Å². The summed E-state index contributed by atoms with van der Waals surface area (Å²) in [5, 5.41) is 14.7. The van der Waals surface area contributed by atoms with Crippen molar-refractivity contribution in [1.82, 2.24) is 25.5 Å². The number of esters is 1. The monoisotopic (exact) mass is 331 g/mol. The zero-order valence-electron chi connectivity index (χ0n) is 13.9. The summed E-state index contributed by atoms with van der Waals surface area (Å²) in [4.78, 5) is 24.2. The van der Waals surface area contributed by atoms with Crippen molar-refractivity contribution in [1.29, 1.82) is 0 Å². The number of aryl methyl sites for hydroxylation is 1. The maximum atomic E-state index is 11.8. The van der Waals surface area contributed by atoms with Gasteiger partial charge in [0.25, 0.3) is 0 Å². The molecule has 0 aliphatic carbocycles. The number of ether oxygens (including phenoxy) is 1. The van der Waals surface area contributed by atoms with Gasteiger partial charge in [0.2, 0.25) is 11.7 Å². The molecule has 8 nitrogen and oxygen atoms in total. The molecule has 1 aromatic carbocycles. The number of rotatable bonds is 8. The van der Waals surface area contributed by atoms with Gasteiger partial charge in [-0.2, -0.15) is 4.80 Å². The minimum Gasteiger partial charge on any atom is -0.466 e. The number of amides is 1. The molecule has 1 aromatic heterocycles. The quantitative estimate of drug-likeness (QED) is 0.574. The first-order valence-electron chi connectivity index (χ1n) is 7.85. The Bertz CT molecular complexity index is 681. The van der Waals surface area contributed by atoms with Crippen LogP contribution in [0.15, 0.2) is 24.3 Å². The van der Waals surface area contributed by atoms with Crippen molar-refractivity contribution in [2.75, 3.05) is 13.2 Å². The third-order valence-electron chi connectivity index (χ3n) is 3.23. The molecule has 1 N–H and O–H groups in total. The van der Waals surface area contributed by atoms with E-state index in [9.17, 15) is 9.59 Å². The molecular formula is C16H21N5O3. The van der Waals surface area contributed by atoms with Gasteiger partial charge < -0.3 is 10.1 Å². The number of aromatic nitrogens is 4. The molecule has 128 valence electrons. The van der Waals surface area contributed by atoms with Crippen LogP contribution in [0, 0.1) is 6.92 Å². The maximum Gasteiger partial charge on any atom is 0.305 e. The molecule has 0 saturated heterocycles. The molecule has 0 radical (unpaired) electrons. The van der Waals surface area contributed by atoms with E-state index >= 15 is 0 Å². The van der Waals surface area contributed by atoms with Gasteiger partial charge in [-0.15, -0.1) is 10.2 Å². The molecule has 0 spiro atoms. The predicted octanol–water partition coefficient (Wildman–Crippen LogP) is 1.11. The molecule has 1 heterocycles. The van der Waals surface area contributed by atoms with Gasteiger partial charge in [0.15, 0.2) is 0 Å². The highest BCUT2D eigenvalue weighted by Crippen LogP contribution is 2.13. The summed E-state index contributed by atoms with van der Waals surface area (Å²) in [7, 11) is 0. The number of benzene rings is 1. The van der Waals surface area contributed by atoms with Crippen LogP contribution in [0.2, 0.25) is 0 Å². The van der Waals surface area contributed by atoms with E-state index < -0.39 is 0 Å². The fourth-order valence-corrected chi connectivity index (χ4v) is 2.01. The van der Waals surface area contributed by atoms with E-state index in [2.05, 4.69) is 20.7 Å². The molecular weight excluding hydrogens is 310 g/mol. The van der Waals surface area contributed by atoms with Gasteiger partial charge in [-0.1, -0.05) is 29.8 Å². The number of tetrazole rings is 1. The molecule has 24 heavy (non-hydrogen) atoms. The van der Waals surface area contributed by atoms with Gasteiger partial charge in [0.05, 0.1) is 6.61 Å². The van der Waals surface area contributed by atoms with Crippen LogP contribution in [0.3, 0.4) is 0 Å². The number of hydrogen-bond donors (Lipinski definition) is 1. The minimum atomic E-state index is -0.257. The lowest BCUT2D eigenvalue weighted by Crippen LogP contribution is -2.29. The van der Waals surface area contributed by atoms with Crippen LogP contribution in [0.4, 0.5) is 0 Å². The lowest BCUT2D eigenvalue weighted by atomic mass is 10.1. The summed E-state index contributed by atoms with van der Waals surface area (Å²) >= 11 is 0. The summed E-state index contributed by atoms with van der Waals surface area (Å²) in [5.41, 5.74) is 2.00. The van der Waals surface area contributed by atoms with Crippen LogP contribution < -0.4 is 5.32 Å². The molecule has 0 atom stereocenters. The summed E-state index contributed by atoms with van der Waals surface area (Å²) < 4.78 is 4.81. The molecule has 1 amide bonds. The second-order valence-corrected chi connectivity index (χ2v) is 5.27. The highest BCUT2D eigenvalue weighted by atomic mass is 16.5. The van der Waals surface area contributed by atoms with Crippen LogP contribution in [0.1, 0.15) is 25.3 Å². The Morgan fingerprint density at radius 1 is 1.25 bits per heavy atom. The Kier molecular flexibility index (Phi) is 6.41. The number of carbonyl (C=O) groups excluding carboxylic acids is 2. The minimum absolute atomic E-state index is 0.0156. The summed E-state index contributed by atoms with van der Waals surface area (Å²) in [6.45, 7) is 4.51. The van der Waals surface area contributed by atoms with Gasteiger partial charge >= 0.3 is 5.97 Å². The standard InChI is InChI=1S/C16H21N5O3/c1-3-24-15(23)5-4-10-17-14(22)11-21-19-16(18-20-21)13-8-6-12(2)7-9-13/h6-9H,3-5,10-11H2,1-2H3,(H,17,22). The molecule has 0 bridgehead atoms. The SMILES string of the molecule is CCOC(=O)CCCNC(=O)Cn1nnc(-c2ccc(C)cc2)n1. The molecule has 0 fully saturated rings. The number of hydrogen-bond acceptors (Lipinski definition) is 6. The first-order valence-corrected chi connectivity index (χ1v) is 7.85. The molecule has 8 heteroatoms. The van der Waals surface area contributed by atoms with Gasteiger partial charge in [0, 0.05) is 18.5 Å². The van der Waals surface area contributed by atoms with E-state index in [4.69, 9.17) is 4.74 Å². The average molecular weight is 331 g/mol. The van der Waals surface area contributed by atoms with Crippen LogP contribution in [0.25, 0.3) is 11.4 Å². The Morgan fingerprint density at radius 3 is 2.71 bits per heavy atom. The van der Waals surface area contributed by atoms with Crippen molar-refractivity contribution in [2.45, 2.75) is 33.2 Å². The fraction of sp³-hybridized carbons (Fsp3) is 0.438. The Labute approximate surface area is 140 Å². The summed E-state index contributed by atoms with van der Waals surface area (Å²) in [5.74, 6) is -0.00995.